The lowest BCUT2D eigenvalue weighted by atomic mass is 9.95. The van der Waals surface area contributed by atoms with Gasteiger partial charge in [0.1, 0.15) is 0 Å². The summed E-state index contributed by atoms with van der Waals surface area (Å²) in [6.45, 7) is 5.80. The summed E-state index contributed by atoms with van der Waals surface area (Å²) in [5.74, 6) is -0.461. The van der Waals surface area contributed by atoms with Crippen molar-refractivity contribution in [2.75, 3.05) is 5.32 Å². The molecule has 4 nitrogen and oxygen atoms in total. The minimum Gasteiger partial charge on any atom is -0.322 e. The molecule has 1 aliphatic rings. The Kier molecular flexibility index (Phi) is 5.30. The van der Waals surface area contributed by atoms with Gasteiger partial charge in [-0.1, -0.05) is 48.0 Å². The molecule has 0 atom stereocenters. The number of hydrogen-bond donors (Lipinski definition) is 1. The molecule has 2 aromatic carbocycles. The fraction of sp³-hybridized carbons (Fsp3) is 0.238. The SMILES string of the molecule is Cc1ccc(NC(=O)C2=C(C(=O)c3ccccc3)SOC(C)(C)C2)cc1. The molecule has 0 fully saturated rings. The van der Waals surface area contributed by atoms with Gasteiger partial charge in [-0.15, -0.1) is 0 Å². The summed E-state index contributed by atoms with van der Waals surface area (Å²) < 4.78 is 5.72. The predicted molar refractivity (Wildman–Crippen MR) is 105 cm³/mol. The van der Waals surface area contributed by atoms with Crippen LogP contribution >= 0.6 is 12.0 Å². The Morgan fingerprint density at radius 3 is 2.35 bits per heavy atom. The summed E-state index contributed by atoms with van der Waals surface area (Å²) in [4.78, 5) is 26.1. The Bertz CT molecular complexity index is 855. The minimum atomic E-state index is -0.523. The van der Waals surface area contributed by atoms with Crippen molar-refractivity contribution in [3.8, 4) is 0 Å². The van der Waals surface area contributed by atoms with Crippen molar-refractivity contribution < 1.29 is 13.8 Å². The van der Waals surface area contributed by atoms with Crippen LogP contribution in [0.1, 0.15) is 36.2 Å². The van der Waals surface area contributed by atoms with Crippen LogP contribution in [0.4, 0.5) is 5.69 Å². The highest BCUT2D eigenvalue weighted by Gasteiger charge is 2.35. The maximum atomic E-state index is 12.9. The van der Waals surface area contributed by atoms with E-state index in [9.17, 15) is 9.59 Å². The van der Waals surface area contributed by atoms with Crippen LogP contribution in [0.25, 0.3) is 0 Å². The number of carbonyl (C=O) groups excluding carboxylic acids is 2. The summed E-state index contributed by atoms with van der Waals surface area (Å²) in [7, 11) is 0. The van der Waals surface area contributed by atoms with Crippen molar-refractivity contribution >= 4 is 29.4 Å². The van der Waals surface area contributed by atoms with Gasteiger partial charge in [0, 0.05) is 35.3 Å². The number of hydrogen-bond acceptors (Lipinski definition) is 4. The first kappa shape index (κ1) is 18.4. The van der Waals surface area contributed by atoms with Gasteiger partial charge in [-0.25, -0.2) is 0 Å². The highest BCUT2D eigenvalue weighted by molar-refractivity contribution is 7.99. The zero-order valence-electron chi connectivity index (χ0n) is 15.0. The molecule has 0 radical (unpaired) electrons. The van der Waals surface area contributed by atoms with Gasteiger partial charge in [0.2, 0.25) is 5.78 Å². The van der Waals surface area contributed by atoms with Crippen LogP contribution in [0.5, 0.6) is 0 Å². The number of anilines is 1. The fourth-order valence-corrected chi connectivity index (χ4v) is 3.49. The van der Waals surface area contributed by atoms with E-state index in [0.717, 1.165) is 17.6 Å². The molecule has 1 heterocycles. The molecule has 0 aliphatic carbocycles. The molecule has 1 aliphatic heterocycles. The van der Waals surface area contributed by atoms with Crippen molar-refractivity contribution in [1.29, 1.82) is 0 Å². The van der Waals surface area contributed by atoms with Crippen molar-refractivity contribution in [2.45, 2.75) is 32.8 Å². The van der Waals surface area contributed by atoms with Gasteiger partial charge in [-0.05, 0) is 32.9 Å². The van der Waals surface area contributed by atoms with E-state index in [0.29, 0.717) is 28.1 Å². The van der Waals surface area contributed by atoms with Crippen LogP contribution < -0.4 is 5.32 Å². The Hall–Kier alpha value is -2.37. The van der Waals surface area contributed by atoms with Gasteiger partial charge in [0.25, 0.3) is 5.91 Å². The van der Waals surface area contributed by atoms with Gasteiger partial charge in [-0.2, -0.15) is 0 Å². The van der Waals surface area contributed by atoms with Crippen molar-refractivity contribution in [2.24, 2.45) is 0 Å². The Balaban J connectivity index is 1.93. The Morgan fingerprint density at radius 1 is 1.04 bits per heavy atom. The van der Waals surface area contributed by atoms with E-state index in [2.05, 4.69) is 5.32 Å². The minimum absolute atomic E-state index is 0.194. The van der Waals surface area contributed by atoms with E-state index in [1.54, 1.807) is 24.3 Å². The molecule has 1 N–H and O–H groups in total. The van der Waals surface area contributed by atoms with Gasteiger partial charge in [0.15, 0.2) is 0 Å². The molecule has 0 unspecified atom stereocenters. The maximum Gasteiger partial charge on any atom is 0.253 e. The molecule has 26 heavy (non-hydrogen) atoms. The first-order valence-corrected chi connectivity index (χ1v) is 9.16. The number of rotatable bonds is 4. The first-order chi connectivity index (χ1) is 12.4. The van der Waals surface area contributed by atoms with E-state index < -0.39 is 5.60 Å². The van der Waals surface area contributed by atoms with Gasteiger partial charge >= 0.3 is 0 Å². The number of aryl methyl sites for hydroxylation is 1. The molecule has 0 bridgehead atoms. The summed E-state index contributed by atoms with van der Waals surface area (Å²) in [5.41, 5.74) is 2.30. The molecule has 0 spiro atoms. The first-order valence-electron chi connectivity index (χ1n) is 8.42. The average molecular weight is 367 g/mol. The molecule has 2 aromatic rings. The van der Waals surface area contributed by atoms with E-state index >= 15 is 0 Å². The number of benzene rings is 2. The number of allylic oxidation sites excluding steroid dienone is 1. The highest BCUT2D eigenvalue weighted by Crippen LogP contribution is 2.40. The van der Waals surface area contributed by atoms with Crippen molar-refractivity contribution in [3.05, 3.63) is 76.2 Å². The zero-order valence-corrected chi connectivity index (χ0v) is 15.9. The molecular formula is C21H21NO3S. The second-order valence-electron chi connectivity index (χ2n) is 6.93. The molecule has 0 aromatic heterocycles. The second-order valence-corrected chi connectivity index (χ2v) is 7.67. The van der Waals surface area contributed by atoms with Gasteiger partial charge in [-0.3, -0.25) is 9.59 Å². The molecule has 134 valence electrons. The quantitative estimate of drug-likeness (QED) is 0.616. The lowest BCUT2D eigenvalue weighted by Gasteiger charge is -2.31. The Labute approximate surface area is 157 Å². The van der Waals surface area contributed by atoms with Crippen LogP contribution in [0.2, 0.25) is 0 Å². The van der Waals surface area contributed by atoms with Crippen LogP contribution in [-0.4, -0.2) is 17.3 Å². The van der Waals surface area contributed by atoms with E-state index in [1.165, 1.54) is 0 Å². The molecular weight excluding hydrogens is 346 g/mol. The standard InChI is InChI=1S/C21H21NO3S/c1-14-9-11-16(12-10-14)22-20(24)17-13-21(2,3)25-26-19(17)18(23)15-7-5-4-6-8-15/h4-12H,13H2,1-3H3,(H,22,24). The number of Topliss-reactive ketones (excluding diaryl/α,β-unsaturated/α-hetero) is 1. The average Bonchev–Trinajstić information content (AvgIpc) is 2.63. The van der Waals surface area contributed by atoms with Crippen LogP contribution in [0, 0.1) is 6.92 Å². The summed E-state index contributed by atoms with van der Waals surface area (Å²) in [6, 6.07) is 16.5. The number of carbonyl (C=O) groups is 2. The van der Waals surface area contributed by atoms with Gasteiger partial charge < -0.3 is 9.50 Å². The largest absolute Gasteiger partial charge is 0.322 e. The van der Waals surface area contributed by atoms with E-state index in [-0.39, 0.29) is 11.7 Å². The smallest absolute Gasteiger partial charge is 0.253 e. The van der Waals surface area contributed by atoms with Crippen LogP contribution in [0.3, 0.4) is 0 Å². The third kappa shape index (κ3) is 4.23. The maximum absolute atomic E-state index is 12.9. The molecule has 0 saturated heterocycles. The number of amides is 1. The topological polar surface area (TPSA) is 55.4 Å². The lowest BCUT2D eigenvalue weighted by molar-refractivity contribution is -0.113. The second kappa shape index (κ2) is 7.48. The monoisotopic (exact) mass is 367 g/mol. The molecule has 1 amide bonds. The van der Waals surface area contributed by atoms with Gasteiger partial charge in [0.05, 0.1) is 10.5 Å². The zero-order chi connectivity index (χ0) is 18.7. The Morgan fingerprint density at radius 2 is 1.69 bits per heavy atom. The molecule has 5 heteroatoms. The summed E-state index contributed by atoms with van der Waals surface area (Å²) in [6.07, 6.45) is 0.367. The van der Waals surface area contributed by atoms with E-state index in [1.807, 2.05) is 51.1 Å². The van der Waals surface area contributed by atoms with E-state index in [4.69, 9.17) is 4.18 Å². The highest BCUT2D eigenvalue weighted by atomic mass is 32.2. The fourth-order valence-electron chi connectivity index (χ4n) is 2.66. The third-order valence-electron chi connectivity index (χ3n) is 4.05. The molecule has 0 saturated carbocycles. The van der Waals surface area contributed by atoms with Crippen LogP contribution in [0.15, 0.2) is 65.1 Å². The number of ketones is 1. The third-order valence-corrected chi connectivity index (χ3v) is 5.19. The molecule has 3 rings (SSSR count). The summed E-state index contributed by atoms with van der Waals surface area (Å²) >= 11 is 0.992. The van der Waals surface area contributed by atoms with Crippen LogP contribution in [-0.2, 0) is 8.98 Å². The normalized spacial score (nSPS) is 16.3. The van der Waals surface area contributed by atoms with Crippen molar-refractivity contribution in [1.82, 2.24) is 0 Å². The lowest BCUT2D eigenvalue weighted by Crippen LogP contribution is -2.32. The van der Waals surface area contributed by atoms with Crippen molar-refractivity contribution in [3.63, 3.8) is 0 Å². The predicted octanol–water partition coefficient (Wildman–Crippen LogP) is 4.92. The summed E-state index contributed by atoms with van der Waals surface area (Å²) in [5, 5.41) is 2.90. The number of nitrogens with one attached hydrogen (secondary N) is 1.